The van der Waals surface area contributed by atoms with Gasteiger partial charge in [-0.15, -0.1) is 5.16 Å². The van der Waals surface area contributed by atoms with Gasteiger partial charge < -0.3 is 20.0 Å². The third-order valence-corrected chi connectivity index (χ3v) is 3.70. The van der Waals surface area contributed by atoms with Crippen LogP contribution in [0.25, 0.3) is 0 Å². The Morgan fingerprint density at radius 3 is 2.57 bits per heavy atom. The molecule has 0 radical (unpaired) electrons. The summed E-state index contributed by atoms with van der Waals surface area (Å²) in [7, 11) is 0. The second kappa shape index (κ2) is 10.6. The van der Waals surface area contributed by atoms with Crippen molar-refractivity contribution in [1.82, 2.24) is 5.32 Å². The second-order valence-corrected chi connectivity index (χ2v) is 5.40. The molecule has 1 amide bonds. The number of esters is 2. The smallest absolute Gasteiger partial charge is 0.324 e. The number of hydrogen-bond acceptors (Lipinski definition) is 7. The van der Waals surface area contributed by atoms with E-state index in [1.165, 1.54) is 6.42 Å². The van der Waals surface area contributed by atoms with E-state index in [0.717, 1.165) is 31.9 Å². The zero-order chi connectivity index (χ0) is 17.1. The van der Waals surface area contributed by atoms with Crippen LogP contribution in [0, 0.1) is 11.8 Å². The third kappa shape index (κ3) is 7.12. The summed E-state index contributed by atoms with van der Waals surface area (Å²) in [5, 5.41) is 13.5. The van der Waals surface area contributed by atoms with Crippen molar-refractivity contribution in [3.8, 4) is 0 Å². The molecule has 130 valence electrons. The van der Waals surface area contributed by atoms with Gasteiger partial charge in [0.25, 0.3) is 0 Å². The van der Waals surface area contributed by atoms with Crippen LogP contribution in [0.5, 0.6) is 0 Å². The molecule has 0 aromatic carbocycles. The third-order valence-electron chi connectivity index (χ3n) is 3.70. The monoisotopic (exact) mass is 328 g/mol. The van der Waals surface area contributed by atoms with Crippen molar-refractivity contribution in [2.24, 2.45) is 17.0 Å². The van der Waals surface area contributed by atoms with Gasteiger partial charge in [-0.2, -0.15) is 0 Å². The Morgan fingerprint density at radius 1 is 1.26 bits per heavy atom. The van der Waals surface area contributed by atoms with Crippen LogP contribution in [0.4, 0.5) is 0 Å². The lowest BCUT2D eigenvalue weighted by atomic mass is 9.87. The molecular formula is C15H24N2O6. The predicted molar refractivity (Wildman–Crippen MR) is 80.7 cm³/mol. The standard InChI is InChI=1S/C15H24N2O6/c1-2-22-15(20)12(9-17-21)14(19)16-10-23-13(18)8-11-6-4-3-5-7-11/h9,11-12,21H,2-8,10H2,1H3,(H,16,19)/b17-9+. The first-order chi connectivity index (χ1) is 11.1. The van der Waals surface area contributed by atoms with Crippen molar-refractivity contribution in [3.63, 3.8) is 0 Å². The van der Waals surface area contributed by atoms with Crippen LogP contribution in [0.3, 0.4) is 0 Å². The van der Waals surface area contributed by atoms with E-state index in [-0.39, 0.29) is 19.3 Å². The molecule has 1 saturated carbocycles. The SMILES string of the molecule is CCOC(=O)C(/C=N/O)C(=O)NCOC(=O)CC1CCCCC1. The lowest BCUT2D eigenvalue weighted by Gasteiger charge is -2.20. The Bertz CT molecular complexity index is 432. The van der Waals surface area contributed by atoms with Crippen LogP contribution in [-0.4, -0.2) is 42.6 Å². The minimum atomic E-state index is -1.38. The van der Waals surface area contributed by atoms with Crippen molar-refractivity contribution in [2.75, 3.05) is 13.3 Å². The number of rotatable bonds is 8. The molecule has 0 spiro atoms. The van der Waals surface area contributed by atoms with Crippen LogP contribution in [-0.2, 0) is 23.9 Å². The first-order valence-electron chi connectivity index (χ1n) is 7.86. The number of nitrogens with one attached hydrogen (secondary N) is 1. The summed E-state index contributed by atoms with van der Waals surface area (Å²) in [4.78, 5) is 35.0. The topological polar surface area (TPSA) is 114 Å². The molecule has 0 saturated heterocycles. The maximum atomic E-state index is 11.8. The quantitative estimate of drug-likeness (QED) is 0.173. The molecule has 2 N–H and O–H groups in total. The molecule has 1 fully saturated rings. The average molecular weight is 328 g/mol. The number of hydrogen-bond donors (Lipinski definition) is 2. The van der Waals surface area contributed by atoms with E-state index in [1.807, 2.05) is 0 Å². The van der Waals surface area contributed by atoms with Crippen molar-refractivity contribution in [1.29, 1.82) is 0 Å². The molecule has 1 aliphatic carbocycles. The zero-order valence-electron chi connectivity index (χ0n) is 13.3. The number of ether oxygens (including phenoxy) is 2. The number of carbonyl (C=O) groups is 3. The van der Waals surface area contributed by atoms with Crippen LogP contribution in [0.2, 0.25) is 0 Å². The normalized spacial score (nSPS) is 16.7. The Kier molecular flexibility index (Phi) is 8.71. The Labute approximate surface area is 135 Å². The predicted octanol–water partition coefficient (Wildman–Crippen LogP) is 1.21. The van der Waals surface area contributed by atoms with Gasteiger partial charge in [0.05, 0.1) is 12.8 Å². The molecule has 0 bridgehead atoms. The molecule has 23 heavy (non-hydrogen) atoms. The minimum Gasteiger partial charge on any atom is -0.465 e. The molecule has 0 aromatic heterocycles. The van der Waals surface area contributed by atoms with Crippen molar-refractivity contribution in [2.45, 2.75) is 45.4 Å². The summed E-state index contributed by atoms with van der Waals surface area (Å²) in [6.45, 7) is 1.35. The van der Waals surface area contributed by atoms with Gasteiger partial charge in [0.15, 0.2) is 12.6 Å². The molecule has 1 unspecified atom stereocenters. The second-order valence-electron chi connectivity index (χ2n) is 5.40. The maximum Gasteiger partial charge on any atom is 0.324 e. The first-order valence-corrected chi connectivity index (χ1v) is 7.86. The Balaban J connectivity index is 2.32. The molecule has 1 rings (SSSR count). The highest BCUT2D eigenvalue weighted by Gasteiger charge is 2.26. The molecule has 8 heteroatoms. The van der Waals surface area contributed by atoms with E-state index in [4.69, 9.17) is 14.7 Å². The lowest BCUT2D eigenvalue weighted by molar-refractivity contribution is -0.150. The summed E-state index contributed by atoms with van der Waals surface area (Å²) < 4.78 is 9.65. The van der Waals surface area contributed by atoms with E-state index in [1.54, 1.807) is 6.92 Å². The summed E-state index contributed by atoms with van der Waals surface area (Å²) in [6, 6.07) is 0. The van der Waals surface area contributed by atoms with Gasteiger partial charge in [-0.05, 0) is 25.7 Å². The highest BCUT2D eigenvalue weighted by Crippen LogP contribution is 2.26. The molecule has 0 heterocycles. The highest BCUT2D eigenvalue weighted by atomic mass is 16.5. The molecule has 1 aliphatic rings. The Morgan fingerprint density at radius 2 is 1.96 bits per heavy atom. The summed E-state index contributed by atoms with van der Waals surface area (Å²) in [6.07, 6.45) is 6.64. The molecule has 0 aliphatic heterocycles. The molecule has 1 atom stereocenters. The summed E-state index contributed by atoms with van der Waals surface area (Å²) in [5.74, 6) is -3.00. The zero-order valence-corrected chi connectivity index (χ0v) is 13.3. The average Bonchev–Trinajstić information content (AvgIpc) is 2.53. The number of oxime groups is 1. The van der Waals surface area contributed by atoms with Crippen molar-refractivity contribution in [3.05, 3.63) is 0 Å². The van der Waals surface area contributed by atoms with E-state index >= 15 is 0 Å². The van der Waals surface area contributed by atoms with Crippen LogP contribution >= 0.6 is 0 Å². The number of amides is 1. The van der Waals surface area contributed by atoms with Gasteiger partial charge in [-0.3, -0.25) is 14.4 Å². The van der Waals surface area contributed by atoms with Gasteiger partial charge in [0, 0.05) is 6.42 Å². The highest BCUT2D eigenvalue weighted by molar-refractivity contribution is 6.10. The number of carbonyl (C=O) groups excluding carboxylic acids is 3. The Hall–Kier alpha value is -2.12. The maximum absolute atomic E-state index is 11.8. The van der Waals surface area contributed by atoms with Gasteiger partial charge in [-0.1, -0.05) is 19.3 Å². The van der Waals surface area contributed by atoms with Gasteiger partial charge in [0.2, 0.25) is 5.91 Å². The fourth-order valence-corrected chi connectivity index (χ4v) is 2.52. The van der Waals surface area contributed by atoms with Gasteiger partial charge >= 0.3 is 11.9 Å². The van der Waals surface area contributed by atoms with E-state index in [0.29, 0.717) is 12.3 Å². The van der Waals surface area contributed by atoms with Gasteiger partial charge in [-0.25, -0.2) is 0 Å². The number of nitrogens with zero attached hydrogens (tertiary/aromatic N) is 1. The van der Waals surface area contributed by atoms with E-state index in [9.17, 15) is 14.4 Å². The molecule has 0 aromatic rings. The van der Waals surface area contributed by atoms with E-state index < -0.39 is 17.8 Å². The fraction of sp³-hybridized carbons (Fsp3) is 0.733. The molecule has 8 nitrogen and oxygen atoms in total. The van der Waals surface area contributed by atoms with Gasteiger partial charge in [0.1, 0.15) is 0 Å². The fourth-order valence-electron chi connectivity index (χ4n) is 2.52. The molecular weight excluding hydrogens is 304 g/mol. The summed E-state index contributed by atoms with van der Waals surface area (Å²) >= 11 is 0. The van der Waals surface area contributed by atoms with Crippen LogP contribution < -0.4 is 5.32 Å². The lowest BCUT2D eigenvalue weighted by Crippen LogP contribution is -2.39. The van der Waals surface area contributed by atoms with Crippen molar-refractivity contribution < 1.29 is 29.1 Å². The first kappa shape index (κ1) is 18.9. The van der Waals surface area contributed by atoms with Crippen molar-refractivity contribution >= 4 is 24.1 Å². The van der Waals surface area contributed by atoms with E-state index in [2.05, 4.69) is 10.5 Å². The largest absolute Gasteiger partial charge is 0.465 e. The van der Waals surface area contributed by atoms with Crippen LogP contribution in [0.1, 0.15) is 45.4 Å². The summed E-state index contributed by atoms with van der Waals surface area (Å²) in [5.41, 5.74) is 0. The van der Waals surface area contributed by atoms with Crippen LogP contribution in [0.15, 0.2) is 5.16 Å². The minimum absolute atomic E-state index is 0.0955.